The van der Waals surface area contributed by atoms with Gasteiger partial charge in [-0.25, -0.2) is 4.98 Å². The van der Waals surface area contributed by atoms with Crippen LogP contribution in [0.1, 0.15) is 5.69 Å². The van der Waals surface area contributed by atoms with Crippen LogP contribution in [0.2, 0.25) is 0 Å². The number of rotatable bonds is 4. The van der Waals surface area contributed by atoms with E-state index < -0.39 is 0 Å². The van der Waals surface area contributed by atoms with Gasteiger partial charge in [-0.2, -0.15) is 0 Å². The summed E-state index contributed by atoms with van der Waals surface area (Å²) < 4.78 is 5.32. The van der Waals surface area contributed by atoms with E-state index in [9.17, 15) is 4.79 Å². The second-order valence-electron chi connectivity index (χ2n) is 3.67. The molecule has 0 saturated heterocycles. The number of terminal acetylenes is 1. The SMILES string of the molecule is C#CCNC(=O)Cc1coc(-c2ccccc2)n1. The number of hydrogen-bond donors (Lipinski definition) is 1. The van der Waals surface area contributed by atoms with Gasteiger partial charge in [0.2, 0.25) is 11.8 Å². The highest BCUT2D eigenvalue weighted by Gasteiger charge is 2.09. The van der Waals surface area contributed by atoms with Crippen LogP contribution >= 0.6 is 0 Å². The van der Waals surface area contributed by atoms with Crippen LogP contribution in [0.4, 0.5) is 0 Å². The lowest BCUT2D eigenvalue weighted by molar-refractivity contribution is -0.120. The predicted octanol–water partition coefficient (Wildman–Crippen LogP) is 1.63. The Bertz CT molecular complexity index is 567. The molecule has 1 heterocycles. The highest BCUT2D eigenvalue weighted by Crippen LogP contribution is 2.17. The number of aromatic nitrogens is 1. The summed E-state index contributed by atoms with van der Waals surface area (Å²) in [7, 11) is 0. The lowest BCUT2D eigenvalue weighted by Crippen LogP contribution is -2.25. The molecule has 90 valence electrons. The molecule has 0 atom stereocenters. The van der Waals surface area contributed by atoms with Crippen molar-refractivity contribution in [2.45, 2.75) is 6.42 Å². The summed E-state index contributed by atoms with van der Waals surface area (Å²) in [4.78, 5) is 15.7. The van der Waals surface area contributed by atoms with Gasteiger partial charge in [0.25, 0.3) is 0 Å². The average molecular weight is 240 g/mol. The topological polar surface area (TPSA) is 55.1 Å². The molecular weight excluding hydrogens is 228 g/mol. The number of hydrogen-bond acceptors (Lipinski definition) is 3. The monoisotopic (exact) mass is 240 g/mol. The molecule has 0 aliphatic carbocycles. The third-order valence-electron chi connectivity index (χ3n) is 2.30. The molecule has 0 aliphatic rings. The highest BCUT2D eigenvalue weighted by atomic mass is 16.3. The molecule has 0 spiro atoms. The van der Waals surface area contributed by atoms with Crippen molar-refractivity contribution in [1.82, 2.24) is 10.3 Å². The molecule has 2 rings (SSSR count). The van der Waals surface area contributed by atoms with E-state index in [-0.39, 0.29) is 18.9 Å². The molecule has 0 bridgehead atoms. The number of carbonyl (C=O) groups is 1. The standard InChI is InChI=1S/C14H12N2O2/c1-2-8-15-13(17)9-12-10-18-14(16-12)11-6-4-3-5-7-11/h1,3-7,10H,8-9H2,(H,15,17). The molecule has 1 amide bonds. The Kier molecular flexibility index (Phi) is 3.77. The Balaban J connectivity index is 2.03. The van der Waals surface area contributed by atoms with Gasteiger partial charge in [-0.3, -0.25) is 4.79 Å². The lowest BCUT2D eigenvalue weighted by Gasteiger charge is -1.97. The molecule has 4 heteroatoms. The number of nitrogens with zero attached hydrogens (tertiary/aromatic N) is 1. The summed E-state index contributed by atoms with van der Waals surface area (Å²) in [5.41, 5.74) is 1.47. The van der Waals surface area contributed by atoms with E-state index in [0.717, 1.165) is 5.56 Å². The number of oxazole rings is 1. The fourth-order valence-corrected chi connectivity index (χ4v) is 1.48. The van der Waals surface area contributed by atoms with Gasteiger partial charge in [-0.15, -0.1) is 6.42 Å². The van der Waals surface area contributed by atoms with Crippen LogP contribution in [0.25, 0.3) is 11.5 Å². The van der Waals surface area contributed by atoms with E-state index in [1.54, 1.807) is 0 Å². The number of nitrogens with one attached hydrogen (secondary N) is 1. The Hall–Kier alpha value is -2.54. The first-order valence-corrected chi connectivity index (χ1v) is 5.49. The van der Waals surface area contributed by atoms with E-state index in [0.29, 0.717) is 11.6 Å². The van der Waals surface area contributed by atoms with E-state index in [2.05, 4.69) is 16.2 Å². The van der Waals surface area contributed by atoms with Crippen molar-refractivity contribution in [2.24, 2.45) is 0 Å². The van der Waals surface area contributed by atoms with E-state index in [1.165, 1.54) is 6.26 Å². The molecule has 0 saturated carbocycles. The summed E-state index contributed by atoms with van der Waals surface area (Å²) in [5, 5.41) is 2.57. The Morgan fingerprint density at radius 2 is 2.17 bits per heavy atom. The summed E-state index contributed by atoms with van der Waals surface area (Å²) in [6, 6.07) is 9.51. The number of benzene rings is 1. The number of amides is 1. The Labute approximate surface area is 105 Å². The van der Waals surface area contributed by atoms with Crippen LogP contribution < -0.4 is 5.32 Å². The summed E-state index contributed by atoms with van der Waals surface area (Å²) in [6.45, 7) is 0.224. The molecule has 0 aliphatic heterocycles. The van der Waals surface area contributed by atoms with Crippen molar-refractivity contribution in [3.63, 3.8) is 0 Å². The molecule has 0 unspecified atom stereocenters. The second kappa shape index (κ2) is 5.69. The predicted molar refractivity (Wildman–Crippen MR) is 67.5 cm³/mol. The van der Waals surface area contributed by atoms with Gasteiger partial charge < -0.3 is 9.73 Å². The van der Waals surface area contributed by atoms with Crippen molar-refractivity contribution in [1.29, 1.82) is 0 Å². The fourth-order valence-electron chi connectivity index (χ4n) is 1.48. The first-order valence-electron chi connectivity index (χ1n) is 5.49. The van der Waals surface area contributed by atoms with Crippen LogP contribution in [-0.4, -0.2) is 17.4 Å². The van der Waals surface area contributed by atoms with Gasteiger partial charge in [0.15, 0.2) is 0 Å². The molecule has 1 aromatic carbocycles. The van der Waals surface area contributed by atoms with E-state index >= 15 is 0 Å². The van der Waals surface area contributed by atoms with Crippen LogP contribution in [0.5, 0.6) is 0 Å². The molecular formula is C14H12N2O2. The molecule has 0 radical (unpaired) electrons. The van der Waals surface area contributed by atoms with Crippen molar-refractivity contribution < 1.29 is 9.21 Å². The zero-order valence-electron chi connectivity index (χ0n) is 9.72. The van der Waals surface area contributed by atoms with Gasteiger partial charge in [0.1, 0.15) is 6.26 Å². The maximum absolute atomic E-state index is 11.4. The fraction of sp³-hybridized carbons (Fsp3) is 0.143. The van der Waals surface area contributed by atoms with Gasteiger partial charge in [0, 0.05) is 5.56 Å². The van der Waals surface area contributed by atoms with Crippen LogP contribution in [-0.2, 0) is 11.2 Å². The lowest BCUT2D eigenvalue weighted by atomic mass is 10.2. The first-order chi connectivity index (χ1) is 8.79. The molecule has 4 nitrogen and oxygen atoms in total. The van der Waals surface area contributed by atoms with Gasteiger partial charge in [-0.1, -0.05) is 24.1 Å². The Morgan fingerprint density at radius 1 is 1.39 bits per heavy atom. The smallest absolute Gasteiger partial charge is 0.226 e. The highest BCUT2D eigenvalue weighted by molar-refractivity contribution is 5.78. The van der Waals surface area contributed by atoms with Gasteiger partial charge >= 0.3 is 0 Å². The minimum atomic E-state index is -0.166. The third kappa shape index (κ3) is 2.98. The largest absolute Gasteiger partial charge is 0.444 e. The van der Waals surface area contributed by atoms with Crippen LogP contribution in [0.3, 0.4) is 0 Å². The summed E-state index contributed by atoms with van der Waals surface area (Å²) >= 11 is 0. The summed E-state index contributed by atoms with van der Waals surface area (Å²) in [5.74, 6) is 2.68. The molecule has 2 aromatic rings. The normalized spacial score (nSPS) is 9.72. The average Bonchev–Trinajstić information content (AvgIpc) is 2.86. The third-order valence-corrected chi connectivity index (χ3v) is 2.30. The van der Waals surface area contributed by atoms with Crippen LogP contribution in [0, 0.1) is 12.3 Å². The maximum Gasteiger partial charge on any atom is 0.226 e. The van der Waals surface area contributed by atoms with E-state index in [1.807, 2.05) is 30.3 Å². The zero-order chi connectivity index (χ0) is 12.8. The van der Waals surface area contributed by atoms with Crippen molar-refractivity contribution in [2.75, 3.05) is 6.54 Å². The Morgan fingerprint density at radius 3 is 2.89 bits per heavy atom. The van der Waals surface area contributed by atoms with E-state index in [4.69, 9.17) is 10.8 Å². The minimum Gasteiger partial charge on any atom is -0.444 e. The quantitative estimate of drug-likeness (QED) is 0.826. The molecule has 0 fully saturated rings. The van der Waals surface area contributed by atoms with Crippen molar-refractivity contribution in [3.05, 3.63) is 42.3 Å². The summed E-state index contributed by atoms with van der Waals surface area (Å²) in [6.07, 6.45) is 6.70. The van der Waals surface area contributed by atoms with Gasteiger partial charge in [0.05, 0.1) is 18.7 Å². The zero-order valence-corrected chi connectivity index (χ0v) is 9.72. The molecule has 18 heavy (non-hydrogen) atoms. The molecule has 1 aromatic heterocycles. The van der Waals surface area contributed by atoms with Gasteiger partial charge in [-0.05, 0) is 12.1 Å². The second-order valence-corrected chi connectivity index (χ2v) is 3.67. The van der Waals surface area contributed by atoms with Crippen LogP contribution in [0.15, 0.2) is 41.0 Å². The number of carbonyl (C=O) groups excluding carboxylic acids is 1. The maximum atomic E-state index is 11.4. The minimum absolute atomic E-state index is 0.165. The van der Waals surface area contributed by atoms with Crippen molar-refractivity contribution >= 4 is 5.91 Å². The molecule has 1 N–H and O–H groups in total. The first kappa shape index (κ1) is 11.9. The van der Waals surface area contributed by atoms with Crippen molar-refractivity contribution in [3.8, 4) is 23.8 Å².